The molecule has 0 aliphatic rings. The van der Waals surface area contributed by atoms with Crippen molar-refractivity contribution in [2.75, 3.05) is 6.54 Å². The highest BCUT2D eigenvalue weighted by Crippen LogP contribution is 2.34. The minimum atomic E-state index is 0.417. The van der Waals surface area contributed by atoms with Crippen molar-refractivity contribution in [2.24, 2.45) is 0 Å². The second kappa shape index (κ2) is 6.30. The first-order valence-electron chi connectivity index (χ1n) is 7.44. The molecular formula is C18H21NS2. The van der Waals surface area contributed by atoms with Crippen molar-refractivity contribution >= 4 is 32.1 Å². The van der Waals surface area contributed by atoms with Gasteiger partial charge in [-0.2, -0.15) is 0 Å². The Balaban J connectivity index is 1.90. The molecule has 1 unspecified atom stereocenters. The molecule has 1 aromatic carbocycles. The smallest absolute Gasteiger partial charge is 0.0456 e. The quantitative estimate of drug-likeness (QED) is 0.658. The monoisotopic (exact) mass is 315 g/mol. The van der Waals surface area contributed by atoms with Gasteiger partial charge in [-0.05, 0) is 55.5 Å². The van der Waals surface area contributed by atoms with Crippen LogP contribution < -0.4 is 5.32 Å². The molecule has 0 radical (unpaired) electrons. The Morgan fingerprint density at radius 2 is 1.95 bits per heavy atom. The summed E-state index contributed by atoms with van der Waals surface area (Å²) in [6.07, 6.45) is 1.06. The van der Waals surface area contributed by atoms with E-state index in [4.69, 9.17) is 0 Å². The molecular weight excluding hydrogens is 294 g/mol. The maximum absolute atomic E-state index is 3.66. The first-order valence-corrected chi connectivity index (χ1v) is 9.13. The maximum Gasteiger partial charge on any atom is 0.0456 e. The summed E-state index contributed by atoms with van der Waals surface area (Å²) >= 11 is 3.77. The van der Waals surface area contributed by atoms with Crippen molar-refractivity contribution in [1.29, 1.82) is 0 Å². The van der Waals surface area contributed by atoms with Crippen molar-refractivity contribution in [1.82, 2.24) is 5.32 Å². The van der Waals surface area contributed by atoms with Gasteiger partial charge in [0, 0.05) is 20.3 Å². The van der Waals surface area contributed by atoms with E-state index < -0.39 is 0 Å². The van der Waals surface area contributed by atoms with Crippen molar-refractivity contribution in [3.05, 3.63) is 57.3 Å². The molecule has 0 aliphatic carbocycles. The summed E-state index contributed by atoms with van der Waals surface area (Å²) in [5.41, 5.74) is 4.19. The van der Waals surface area contributed by atoms with Crippen LogP contribution in [0.2, 0.25) is 0 Å². The number of nitrogens with one attached hydrogen (secondary N) is 1. The normalized spacial score (nSPS) is 12.9. The lowest BCUT2D eigenvalue weighted by molar-refractivity contribution is 0.557. The van der Waals surface area contributed by atoms with Crippen molar-refractivity contribution < 1.29 is 0 Å². The molecule has 3 heteroatoms. The largest absolute Gasteiger partial charge is 0.309 e. The van der Waals surface area contributed by atoms with Crippen LogP contribution in [0.3, 0.4) is 0 Å². The number of thiophene rings is 2. The standard InChI is InChI=1S/C18H21NS2/c1-4-19-15(10-14-9-12(2)5-6-13(14)3)17-11-18-16(21-17)7-8-20-18/h5-9,11,15,19H,4,10H2,1-3H3. The lowest BCUT2D eigenvalue weighted by Crippen LogP contribution is -2.22. The van der Waals surface area contributed by atoms with Gasteiger partial charge in [0.25, 0.3) is 0 Å². The highest BCUT2D eigenvalue weighted by Gasteiger charge is 2.16. The van der Waals surface area contributed by atoms with E-state index in [-0.39, 0.29) is 0 Å². The maximum atomic E-state index is 3.66. The van der Waals surface area contributed by atoms with E-state index in [0.717, 1.165) is 13.0 Å². The first-order chi connectivity index (χ1) is 10.2. The third kappa shape index (κ3) is 3.20. The summed E-state index contributed by atoms with van der Waals surface area (Å²) in [4.78, 5) is 1.46. The predicted octanol–water partition coefficient (Wildman–Crippen LogP) is 5.47. The Hall–Kier alpha value is -1.16. The molecule has 110 valence electrons. The summed E-state index contributed by atoms with van der Waals surface area (Å²) in [6, 6.07) is 11.8. The van der Waals surface area contributed by atoms with Gasteiger partial charge >= 0.3 is 0 Å². The Morgan fingerprint density at radius 3 is 2.71 bits per heavy atom. The second-order valence-corrected chi connectivity index (χ2v) is 7.61. The van der Waals surface area contributed by atoms with Crippen molar-refractivity contribution in [3.8, 4) is 0 Å². The topological polar surface area (TPSA) is 12.0 Å². The fraction of sp³-hybridized carbons (Fsp3) is 0.333. The average Bonchev–Trinajstić information content (AvgIpc) is 3.03. The zero-order valence-corrected chi connectivity index (χ0v) is 14.4. The molecule has 3 aromatic rings. The van der Waals surface area contributed by atoms with Crippen LogP contribution in [-0.2, 0) is 6.42 Å². The molecule has 0 spiro atoms. The second-order valence-electron chi connectivity index (χ2n) is 5.54. The molecule has 2 aromatic heterocycles. The van der Waals surface area contributed by atoms with Gasteiger partial charge in [0.05, 0.1) is 0 Å². The van der Waals surface area contributed by atoms with E-state index in [2.05, 4.69) is 61.8 Å². The summed E-state index contributed by atoms with van der Waals surface area (Å²) < 4.78 is 2.83. The Bertz CT molecular complexity index is 710. The van der Waals surface area contributed by atoms with E-state index in [0.29, 0.717) is 6.04 Å². The van der Waals surface area contributed by atoms with Crippen LogP contribution in [0.15, 0.2) is 35.7 Å². The molecule has 0 fully saturated rings. The van der Waals surface area contributed by atoms with Crippen LogP contribution in [0.1, 0.15) is 34.5 Å². The SMILES string of the molecule is CCNC(Cc1cc(C)ccc1C)c1cc2sccc2s1. The summed E-state index contributed by atoms with van der Waals surface area (Å²) in [5, 5.41) is 5.84. The molecule has 0 aliphatic heterocycles. The van der Waals surface area contributed by atoms with Crippen molar-refractivity contribution in [3.63, 3.8) is 0 Å². The molecule has 0 bridgehead atoms. The predicted molar refractivity (Wildman–Crippen MR) is 95.7 cm³/mol. The zero-order chi connectivity index (χ0) is 14.8. The zero-order valence-electron chi connectivity index (χ0n) is 12.8. The number of fused-ring (bicyclic) bond motifs is 1. The number of rotatable bonds is 5. The summed E-state index contributed by atoms with van der Waals surface area (Å²) in [7, 11) is 0. The Kier molecular flexibility index (Phi) is 4.43. The first kappa shape index (κ1) is 14.8. The van der Waals surface area contributed by atoms with Gasteiger partial charge in [-0.1, -0.05) is 30.7 Å². The van der Waals surface area contributed by atoms with Gasteiger partial charge in [-0.15, -0.1) is 22.7 Å². The highest BCUT2D eigenvalue weighted by molar-refractivity contribution is 7.26. The summed E-state index contributed by atoms with van der Waals surface area (Å²) in [5.74, 6) is 0. The fourth-order valence-electron chi connectivity index (χ4n) is 2.72. The highest BCUT2D eigenvalue weighted by atomic mass is 32.1. The van der Waals surface area contributed by atoms with Crippen LogP contribution in [0, 0.1) is 13.8 Å². The van der Waals surface area contributed by atoms with Crippen LogP contribution in [0.25, 0.3) is 9.40 Å². The summed E-state index contributed by atoms with van der Waals surface area (Å²) in [6.45, 7) is 7.57. The third-order valence-corrected chi connectivity index (χ3v) is 6.09. The van der Waals surface area contributed by atoms with Gasteiger partial charge in [0.15, 0.2) is 0 Å². The molecule has 1 nitrogen and oxygen atoms in total. The van der Waals surface area contributed by atoms with Gasteiger partial charge in [0.1, 0.15) is 0 Å². The molecule has 0 amide bonds. The Labute approximate surface area is 134 Å². The van der Waals surface area contributed by atoms with E-state index in [1.165, 1.54) is 31.0 Å². The van der Waals surface area contributed by atoms with Gasteiger partial charge < -0.3 is 5.32 Å². The number of hydrogen-bond acceptors (Lipinski definition) is 3. The molecule has 0 saturated carbocycles. The fourth-order valence-corrected chi connectivity index (χ4v) is 4.91. The van der Waals surface area contributed by atoms with E-state index >= 15 is 0 Å². The number of likely N-dealkylation sites (N-methyl/N-ethyl adjacent to an activating group) is 1. The van der Waals surface area contributed by atoms with Gasteiger partial charge in [0.2, 0.25) is 0 Å². The molecule has 2 heterocycles. The van der Waals surface area contributed by atoms with Gasteiger partial charge in [-0.3, -0.25) is 0 Å². The average molecular weight is 316 g/mol. The number of benzene rings is 1. The van der Waals surface area contributed by atoms with E-state index in [9.17, 15) is 0 Å². The molecule has 0 saturated heterocycles. The minimum absolute atomic E-state index is 0.417. The Morgan fingerprint density at radius 1 is 1.10 bits per heavy atom. The minimum Gasteiger partial charge on any atom is -0.309 e. The lowest BCUT2D eigenvalue weighted by atomic mass is 9.98. The van der Waals surface area contributed by atoms with Crippen LogP contribution in [0.5, 0.6) is 0 Å². The molecule has 1 atom stereocenters. The third-order valence-electron chi connectivity index (χ3n) is 3.88. The van der Waals surface area contributed by atoms with E-state index in [1.807, 2.05) is 22.7 Å². The molecule has 3 rings (SSSR count). The van der Waals surface area contributed by atoms with E-state index in [1.54, 1.807) is 0 Å². The number of hydrogen-bond donors (Lipinski definition) is 1. The van der Waals surface area contributed by atoms with Crippen molar-refractivity contribution in [2.45, 2.75) is 33.2 Å². The van der Waals surface area contributed by atoms with Gasteiger partial charge in [-0.25, -0.2) is 0 Å². The molecule has 1 N–H and O–H groups in total. The van der Waals surface area contributed by atoms with Crippen LogP contribution in [0.4, 0.5) is 0 Å². The van der Waals surface area contributed by atoms with Crippen LogP contribution >= 0.6 is 22.7 Å². The number of aryl methyl sites for hydroxylation is 2. The van der Waals surface area contributed by atoms with Crippen LogP contribution in [-0.4, -0.2) is 6.54 Å². The molecule has 21 heavy (non-hydrogen) atoms. The lowest BCUT2D eigenvalue weighted by Gasteiger charge is -2.18.